The van der Waals surface area contributed by atoms with Crippen molar-refractivity contribution in [2.75, 3.05) is 74.0 Å². The number of carbonyl (C=O) groups is 4. The maximum absolute atomic E-state index is 15.3. The van der Waals surface area contributed by atoms with Gasteiger partial charge in [0.15, 0.2) is 17.4 Å². The molecule has 3 N–H and O–H groups in total. The lowest BCUT2D eigenvalue weighted by atomic mass is 9.90. The van der Waals surface area contributed by atoms with E-state index >= 15 is 8.78 Å². The number of phenolic OH excluding ortho intramolecular Hbond substituents is 1. The van der Waals surface area contributed by atoms with Crippen LogP contribution in [-0.4, -0.2) is 148 Å². The van der Waals surface area contributed by atoms with Gasteiger partial charge in [0.2, 0.25) is 11.8 Å². The zero-order valence-electron chi connectivity index (χ0n) is 33.6. The number of benzene rings is 2. The number of alkyl halides is 2. The molecule has 9 rings (SSSR count). The molecule has 18 heteroatoms. The molecular weight excluding hydrogens is 782 g/mol. The van der Waals surface area contributed by atoms with Crippen molar-refractivity contribution < 1.29 is 37.5 Å². The molecule has 0 bridgehead atoms. The highest BCUT2D eigenvalue weighted by Crippen LogP contribution is 2.43. The molecule has 1 aromatic heterocycles. The van der Waals surface area contributed by atoms with Crippen molar-refractivity contribution >= 4 is 40.9 Å². The lowest BCUT2D eigenvalue weighted by molar-refractivity contribution is -0.136. The van der Waals surface area contributed by atoms with E-state index in [2.05, 4.69) is 37.6 Å². The number of nitrogens with one attached hydrogen (secondary N) is 2. The number of anilines is 3. The van der Waals surface area contributed by atoms with Crippen LogP contribution in [0, 0.1) is 11.7 Å². The summed E-state index contributed by atoms with van der Waals surface area (Å²) >= 11 is 0. The van der Waals surface area contributed by atoms with Gasteiger partial charge in [-0.3, -0.25) is 24.6 Å². The first kappa shape index (κ1) is 39.8. The van der Waals surface area contributed by atoms with Gasteiger partial charge in [0.25, 0.3) is 12.3 Å². The molecule has 6 aliphatic heterocycles. The number of urea groups is 1. The van der Waals surface area contributed by atoms with Crippen LogP contribution in [0.15, 0.2) is 42.5 Å². The van der Waals surface area contributed by atoms with Gasteiger partial charge in [-0.1, -0.05) is 12.1 Å². The summed E-state index contributed by atoms with van der Waals surface area (Å²) in [5.41, 5.74) is 1.30. The maximum atomic E-state index is 15.3. The molecule has 0 radical (unpaired) electrons. The third kappa shape index (κ3) is 6.91. The van der Waals surface area contributed by atoms with Gasteiger partial charge >= 0.3 is 6.03 Å². The van der Waals surface area contributed by atoms with Crippen LogP contribution in [0.4, 0.5) is 35.2 Å². The number of halogens is 3. The fraction of sp³-hybridized carbons (Fsp3) is 0.524. The summed E-state index contributed by atoms with van der Waals surface area (Å²) in [6.45, 7) is 8.09. The molecule has 15 nitrogen and oxygen atoms in total. The van der Waals surface area contributed by atoms with E-state index in [4.69, 9.17) is 0 Å². The molecule has 4 atom stereocenters. The van der Waals surface area contributed by atoms with Crippen LogP contribution in [0.3, 0.4) is 0 Å². The Labute approximate surface area is 345 Å². The first-order chi connectivity index (χ1) is 28.8. The largest absolute Gasteiger partial charge is 0.504 e. The Balaban J connectivity index is 0.802. The molecule has 0 saturated carbocycles. The number of hydrogen-bond acceptors (Lipinski definition) is 11. The van der Waals surface area contributed by atoms with Gasteiger partial charge in [-0.25, -0.2) is 18.0 Å². The van der Waals surface area contributed by atoms with Crippen molar-refractivity contribution in [3.63, 3.8) is 0 Å². The summed E-state index contributed by atoms with van der Waals surface area (Å²) in [6.07, 6.45) is -0.363. The van der Waals surface area contributed by atoms with E-state index in [9.17, 15) is 28.7 Å². The number of rotatable bonds is 6. The fourth-order valence-electron chi connectivity index (χ4n) is 10.0. The number of imide groups is 1. The predicted molar refractivity (Wildman–Crippen MR) is 215 cm³/mol. The summed E-state index contributed by atoms with van der Waals surface area (Å²) in [5.74, 6) is -1.61. The standard InChI is InChI=1S/C42H49F3N10O5/c1-24-19-53(41(60)51-14-15-55-34-17-32(29-4-3-5-31(43)36(29)57)48-49-37(34)46-22-42(55,23-51)40(44)45)25(2)18-52(24)20-26-10-12-50(13-11-26)28-7-6-27-21-54(39(59)30(27)16-28)33-8-9-35(56)47-38(33)58/h3-7,16-17,24-26,33,40,57H,8-15,18-23H2,1-2H3,(H,46,49)(H,47,56,58)/t24-,25+,33-,42+/m0/s1. The molecule has 0 spiro atoms. The molecular formula is C42H49F3N10O5. The lowest BCUT2D eigenvalue weighted by Crippen LogP contribution is -2.73. The van der Waals surface area contributed by atoms with Crippen molar-refractivity contribution in [1.82, 2.24) is 35.1 Å². The topological polar surface area (TPSA) is 158 Å². The third-order valence-electron chi connectivity index (χ3n) is 13.5. The van der Waals surface area contributed by atoms with Gasteiger partial charge in [-0.15, -0.1) is 10.2 Å². The number of fused-ring (bicyclic) bond motifs is 4. The molecule has 4 fully saturated rings. The molecule has 0 aliphatic carbocycles. The van der Waals surface area contributed by atoms with Crippen molar-refractivity contribution in [2.24, 2.45) is 5.92 Å². The van der Waals surface area contributed by atoms with Crippen LogP contribution < -0.4 is 20.4 Å². The van der Waals surface area contributed by atoms with E-state index in [1.807, 2.05) is 30.0 Å². The second-order valence-corrected chi connectivity index (χ2v) is 17.2. The van der Waals surface area contributed by atoms with Gasteiger partial charge < -0.3 is 34.9 Å². The Bertz CT molecular complexity index is 2220. The van der Waals surface area contributed by atoms with E-state index in [1.165, 1.54) is 23.1 Å². The minimum Gasteiger partial charge on any atom is -0.504 e. The number of piperidine rings is 2. The van der Waals surface area contributed by atoms with Crippen LogP contribution in [-0.2, 0) is 16.1 Å². The predicted octanol–water partition coefficient (Wildman–Crippen LogP) is 3.73. The van der Waals surface area contributed by atoms with E-state index in [0.717, 1.165) is 49.8 Å². The average Bonchev–Trinajstić information content (AvgIpc) is 3.57. The molecule has 4 saturated heterocycles. The normalized spacial score (nSPS) is 26.2. The quantitative estimate of drug-likeness (QED) is 0.311. The summed E-state index contributed by atoms with van der Waals surface area (Å²) < 4.78 is 44.7. The van der Waals surface area contributed by atoms with Crippen LogP contribution >= 0.6 is 0 Å². The Kier molecular flexibility index (Phi) is 10.2. The zero-order chi connectivity index (χ0) is 42.0. The number of aromatic nitrogens is 2. The number of nitrogens with zero attached hydrogens (tertiary/aromatic N) is 8. The minimum atomic E-state index is -2.83. The first-order valence-corrected chi connectivity index (χ1v) is 20.8. The van der Waals surface area contributed by atoms with Crippen molar-refractivity contribution in [2.45, 2.75) is 76.2 Å². The number of para-hydroxylation sites is 1. The van der Waals surface area contributed by atoms with Gasteiger partial charge in [-0.05, 0) is 74.9 Å². The molecule has 0 unspecified atom stereocenters. The van der Waals surface area contributed by atoms with E-state index in [1.54, 1.807) is 9.80 Å². The fourth-order valence-corrected chi connectivity index (χ4v) is 10.0. The van der Waals surface area contributed by atoms with E-state index in [0.29, 0.717) is 49.0 Å². The van der Waals surface area contributed by atoms with E-state index < -0.39 is 35.5 Å². The minimum absolute atomic E-state index is 0.0584. The Hall–Kier alpha value is -5.65. The molecule has 5 amide bonds. The van der Waals surface area contributed by atoms with Gasteiger partial charge in [0.05, 0.1) is 17.9 Å². The molecule has 2 aromatic carbocycles. The Morgan fingerprint density at radius 2 is 1.77 bits per heavy atom. The summed E-state index contributed by atoms with van der Waals surface area (Å²) in [6, 6.07) is 10.5. The second-order valence-electron chi connectivity index (χ2n) is 17.2. The molecule has 7 heterocycles. The number of piperazine rings is 2. The highest BCUT2D eigenvalue weighted by Gasteiger charge is 2.54. The number of hydrogen-bond donors (Lipinski definition) is 3. The van der Waals surface area contributed by atoms with Crippen LogP contribution in [0.5, 0.6) is 5.75 Å². The highest BCUT2D eigenvalue weighted by atomic mass is 19.3. The number of phenols is 1. The van der Waals surface area contributed by atoms with Crippen molar-refractivity contribution in [3.8, 4) is 17.0 Å². The smallest absolute Gasteiger partial charge is 0.320 e. The maximum Gasteiger partial charge on any atom is 0.320 e. The van der Waals surface area contributed by atoms with Crippen LogP contribution in [0.2, 0.25) is 0 Å². The zero-order valence-corrected chi connectivity index (χ0v) is 33.6. The molecule has 60 heavy (non-hydrogen) atoms. The number of aromatic hydroxyl groups is 1. The monoisotopic (exact) mass is 830 g/mol. The second kappa shape index (κ2) is 15.4. The van der Waals surface area contributed by atoms with Gasteiger partial charge in [0, 0.05) is 94.2 Å². The lowest BCUT2D eigenvalue weighted by Gasteiger charge is -2.55. The molecule has 3 aromatic rings. The Morgan fingerprint density at radius 1 is 0.967 bits per heavy atom. The third-order valence-corrected chi connectivity index (χ3v) is 13.5. The summed E-state index contributed by atoms with van der Waals surface area (Å²) in [5, 5.41) is 24.0. The summed E-state index contributed by atoms with van der Waals surface area (Å²) in [7, 11) is 0. The molecule has 6 aliphatic rings. The highest BCUT2D eigenvalue weighted by molar-refractivity contribution is 6.05. The molecule has 318 valence electrons. The number of carbonyl (C=O) groups excluding carboxylic acids is 4. The SMILES string of the molecule is C[C@@H]1CN(CC2CCN(c3ccc4c(c3)C(=O)N([C@H]3CCC(=O)NC3=O)C4)CC2)[C@@H](C)CN1C(=O)N1CCN2c3cc(-c4cccc(F)c4O)nnc3NC[C@]2(C(F)F)C1. The average molecular weight is 831 g/mol. The van der Waals surface area contributed by atoms with Gasteiger partial charge in [0.1, 0.15) is 11.6 Å². The van der Waals surface area contributed by atoms with E-state index in [-0.39, 0.29) is 73.8 Å². The van der Waals surface area contributed by atoms with Crippen molar-refractivity contribution in [3.05, 3.63) is 59.4 Å². The van der Waals surface area contributed by atoms with Crippen LogP contribution in [0.1, 0.15) is 55.5 Å². The summed E-state index contributed by atoms with van der Waals surface area (Å²) in [4.78, 5) is 63.0. The van der Waals surface area contributed by atoms with Crippen molar-refractivity contribution in [1.29, 1.82) is 0 Å². The Morgan fingerprint density at radius 3 is 2.53 bits per heavy atom. The van der Waals surface area contributed by atoms with Gasteiger partial charge in [-0.2, -0.15) is 0 Å². The first-order valence-electron chi connectivity index (χ1n) is 20.8. The number of amides is 5. The van der Waals surface area contributed by atoms with Crippen LogP contribution in [0.25, 0.3) is 11.3 Å².